The number of para-hydroxylation sites is 3. The van der Waals surface area contributed by atoms with Gasteiger partial charge in [-0.3, -0.25) is 50.0 Å². The molecule has 0 unspecified atom stereocenters. The van der Waals surface area contributed by atoms with Crippen molar-refractivity contribution in [3.05, 3.63) is 226 Å². The lowest BCUT2D eigenvalue weighted by Gasteiger charge is -2.43. The summed E-state index contributed by atoms with van der Waals surface area (Å²) in [4.78, 5) is 74.5. The average Bonchev–Trinajstić information content (AvgIpc) is 3.47. The molecule has 396 valence electrons. The molecular weight excluding hydrogens is 1040 g/mol. The van der Waals surface area contributed by atoms with Gasteiger partial charge >= 0.3 is 11.4 Å². The maximum Gasteiger partial charge on any atom is 0.319 e. The molecule has 0 saturated carbocycles. The molecule has 1 aliphatic heterocycles. The number of rotatable bonds is 14. The highest BCUT2D eigenvalue weighted by atomic mass is 16.6. The van der Waals surface area contributed by atoms with Gasteiger partial charge in [-0.1, -0.05) is 103 Å². The van der Waals surface area contributed by atoms with E-state index in [1.165, 1.54) is 36.4 Å². The lowest BCUT2D eigenvalue weighted by atomic mass is 9.71. The molecule has 10 rings (SSSR count). The quantitative estimate of drug-likeness (QED) is 0.0335. The van der Waals surface area contributed by atoms with E-state index in [-0.39, 0.29) is 62.6 Å². The Hall–Kier alpha value is -11.8. The third-order valence-electron chi connectivity index (χ3n) is 13.1. The zero-order chi connectivity index (χ0) is 56.6. The summed E-state index contributed by atoms with van der Waals surface area (Å²) in [5.74, 6) is -5.87. The van der Waals surface area contributed by atoms with E-state index in [2.05, 4.69) is 31.1 Å². The van der Waals surface area contributed by atoms with Crippen LogP contribution in [0, 0.1) is 40.5 Å². The van der Waals surface area contributed by atoms with E-state index in [1.54, 1.807) is 97.1 Å². The maximum atomic E-state index is 15.5. The number of phenolic OH excluding ortho intramolecular Hbond substituents is 4. The first-order chi connectivity index (χ1) is 38.5. The lowest BCUT2D eigenvalue weighted by Crippen LogP contribution is -2.42. The molecule has 1 heterocycles. The molecule has 2 amide bonds. The SMILES string of the molecule is O=C(Nc1ccccc1)c1c(O)c(N=Nc2cc([N+](=O)[O-])cc([N+](=O)[O-])c2O)c2ccccc2c1C1(c2c(C(=O)Nc3ccccc3)c(O)c(N=Nc3cc([N+](=O)[O-])cc([N+](=O)[O-])c3O)c3ccccc23)CCc2ccccc2O1. The van der Waals surface area contributed by atoms with Crippen molar-refractivity contribution in [2.75, 3.05) is 10.6 Å². The minimum absolute atomic E-state index is 0.00126. The van der Waals surface area contributed by atoms with E-state index in [0.29, 0.717) is 29.8 Å². The predicted octanol–water partition coefficient (Wildman–Crippen LogP) is 13.1. The maximum absolute atomic E-state index is 15.5. The highest BCUT2D eigenvalue weighted by Gasteiger charge is 2.50. The molecular formula is C55H36N10O15. The number of nitro groups is 4. The fourth-order valence-electron chi connectivity index (χ4n) is 9.59. The molecule has 80 heavy (non-hydrogen) atoms. The summed E-state index contributed by atoms with van der Waals surface area (Å²) in [6, 6.07) is 37.5. The van der Waals surface area contributed by atoms with Crippen LogP contribution in [-0.4, -0.2) is 51.9 Å². The van der Waals surface area contributed by atoms with E-state index < -0.39 is 117 Å². The second kappa shape index (κ2) is 20.8. The number of anilines is 2. The third kappa shape index (κ3) is 9.29. The van der Waals surface area contributed by atoms with Gasteiger partial charge in [0.2, 0.25) is 11.5 Å². The first kappa shape index (κ1) is 51.7. The molecule has 0 bridgehead atoms. The number of amides is 2. The number of azo groups is 2. The largest absolute Gasteiger partial charge is 0.505 e. The number of ether oxygens (including phenoxy) is 1. The van der Waals surface area contributed by atoms with E-state index in [1.807, 2.05) is 0 Å². The minimum atomic E-state index is -2.21. The molecule has 25 heteroatoms. The first-order valence-corrected chi connectivity index (χ1v) is 23.7. The number of hydrogen-bond donors (Lipinski definition) is 6. The van der Waals surface area contributed by atoms with Gasteiger partial charge in [-0.25, -0.2) is 0 Å². The first-order valence-electron chi connectivity index (χ1n) is 23.7. The Bertz CT molecular complexity index is 3940. The monoisotopic (exact) mass is 1080 g/mol. The average molecular weight is 1080 g/mol. The van der Waals surface area contributed by atoms with Gasteiger partial charge in [-0.05, 0) is 53.1 Å². The number of phenols is 4. The molecule has 0 spiro atoms. The summed E-state index contributed by atoms with van der Waals surface area (Å²) in [7, 11) is 0. The van der Waals surface area contributed by atoms with Crippen LogP contribution in [0.3, 0.4) is 0 Å². The number of aryl methyl sites for hydroxylation is 1. The number of nitrogens with zero attached hydrogens (tertiary/aromatic N) is 8. The number of hydrogen-bond acceptors (Lipinski definition) is 19. The van der Waals surface area contributed by atoms with Crippen LogP contribution in [0.1, 0.15) is 43.8 Å². The number of non-ortho nitro benzene ring substituents is 2. The Balaban J connectivity index is 1.34. The smallest absolute Gasteiger partial charge is 0.319 e. The Morgan fingerprint density at radius 2 is 0.863 bits per heavy atom. The van der Waals surface area contributed by atoms with E-state index >= 15 is 9.59 Å². The van der Waals surface area contributed by atoms with Crippen molar-refractivity contribution in [3.63, 3.8) is 0 Å². The van der Waals surface area contributed by atoms with Gasteiger partial charge < -0.3 is 35.8 Å². The fraction of sp³-hybridized carbons (Fsp3) is 0.0545. The number of aromatic hydroxyl groups is 4. The van der Waals surface area contributed by atoms with Gasteiger partial charge in [-0.15, -0.1) is 20.5 Å². The summed E-state index contributed by atoms with van der Waals surface area (Å²) in [6.07, 6.45) is -0.0647. The molecule has 0 aromatic heterocycles. The molecule has 0 radical (unpaired) electrons. The van der Waals surface area contributed by atoms with Crippen LogP contribution in [0.4, 0.5) is 56.9 Å². The van der Waals surface area contributed by atoms with E-state index in [0.717, 1.165) is 0 Å². The zero-order valence-electron chi connectivity index (χ0n) is 40.8. The molecule has 0 atom stereocenters. The number of nitro benzene ring substituents is 4. The molecule has 9 aromatic carbocycles. The Kier molecular flexibility index (Phi) is 13.4. The molecule has 0 fully saturated rings. The fourth-order valence-corrected chi connectivity index (χ4v) is 9.59. The molecule has 0 saturated heterocycles. The van der Waals surface area contributed by atoms with Gasteiger partial charge in [-0.2, -0.15) is 0 Å². The highest BCUT2D eigenvalue weighted by Crippen LogP contribution is 2.57. The number of fused-ring (bicyclic) bond motifs is 3. The number of nitrogens with one attached hydrogen (secondary N) is 2. The summed E-state index contributed by atoms with van der Waals surface area (Å²) < 4.78 is 7.30. The van der Waals surface area contributed by atoms with Crippen LogP contribution in [0.2, 0.25) is 0 Å². The van der Waals surface area contributed by atoms with Crippen LogP contribution in [-0.2, 0) is 12.0 Å². The highest BCUT2D eigenvalue weighted by molar-refractivity contribution is 6.17. The summed E-state index contributed by atoms with van der Waals surface area (Å²) >= 11 is 0. The standard InChI is InChI=1S/C55H36N10O15/c66-49-38(25-32(62(72)73)27-40(49)64(76)77)58-60-47-36-20-10-8-18-34(36)45(43(51(47)68)53(70)56-30-14-3-1-4-15-30)55(24-23-29-13-7-12-22-42(29)80-55)46-35-19-9-11-21-37(35)48(52(69)44(46)54(71)57-31-16-5-2-6-17-31)61-59-39-26-33(63(74)75)28-41(50(39)67)65(78)79/h1-22,25-28,66-69H,23-24H2,(H,56,70)(H,57,71). The van der Waals surface area contributed by atoms with Gasteiger partial charge in [0.25, 0.3) is 23.2 Å². The summed E-state index contributed by atoms with van der Waals surface area (Å²) in [6.45, 7) is 0. The molecule has 9 aromatic rings. The second-order valence-corrected chi connectivity index (χ2v) is 17.8. The van der Waals surface area contributed by atoms with Crippen molar-refractivity contribution in [1.29, 1.82) is 0 Å². The Labute approximate surface area is 447 Å². The van der Waals surface area contributed by atoms with Crippen molar-refractivity contribution in [1.82, 2.24) is 0 Å². The van der Waals surface area contributed by atoms with Crippen LogP contribution in [0.15, 0.2) is 178 Å². The lowest BCUT2D eigenvalue weighted by molar-refractivity contribution is -0.394. The van der Waals surface area contributed by atoms with Gasteiger partial charge in [0.1, 0.15) is 28.5 Å². The number of carbonyl (C=O) groups is 2. The van der Waals surface area contributed by atoms with Crippen molar-refractivity contribution in [3.8, 4) is 28.7 Å². The summed E-state index contributed by atoms with van der Waals surface area (Å²) in [5, 5.41) is 118. The number of carbonyl (C=O) groups excluding carboxylic acids is 2. The normalized spacial score (nSPS) is 13.9. The van der Waals surface area contributed by atoms with Gasteiger partial charge in [0.15, 0.2) is 17.1 Å². The van der Waals surface area contributed by atoms with Gasteiger partial charge in [0.05, 0.1) is 43.0 Å². The third-order valence-corrected chi connectivity index (χ3v) is 13.1. The second-order valence-electron chi connectivity index (χ2n) is 17.8. The molecule has 6 N–H and O–H groups in total. The Morgan fingerprint density at radius 1 is 0.475 bits per heavy atom. The zero-order valence-corrected chi connectivity index (χ0v) is 40.8. The molecule has 0 aliphatic carbocycles. The molecule has 1 aliphatic rings. The summed E-state index contributed by atoms with van der Waals surface area (Å²) in [5.41, 5.74) is -8.87. The van der Waals surface area contributed by atoms with Crippen LogP contribution in [0.5, 0.6) is 28.7 Å². The van der Waals surface area contributed by atoms with Crippen molar-refractivity contribution >= 4 is 90.2 Å². The Morgan fingerprint density at radius 3 is 1.27 bits per heavy atom. The van der Waals surface area contributed by atoms with Crippen LogP contribution < -0.4 is 15.4 Å². The minimum Gasteiger partial charge on any atom is -0.505 e. The van der Waals surface area contributed by atoms with Gasteiger partial charge in [0, 0.05) is 51.8 Å². The van der Waals surface area contributed by atoms with Crippen molar-refractivity contribution in [2.24, 2.45) is 20.5 Å². The molecule has 25 nitrogen and oxygen atoms in total. The number of benzene rings is 9. The van der Waals surface area contributed by atoms with E-state index in [4.69, 9.17) is 4.74 Å². The predicted molar refractivity (Wildman–Crippen MR) is 287 cm³/mol. The topological polar surface area (TPSA) is 370 Å². The van der Waals surface area contributed by atoms with Crippen molar-refractivity contribution < 1.29 is 54.4 Å². The van der Waals surface area contributed by atoms with Crippen LogP contribution >= 0.6 is 0 Å². The van der Waals surface area contributed by atoms with E-state index in [9.17, 15) is 60.9 Å². The van der Waals surface area contributed by atoms with Crippen LogP contribution in [0.25, 0.3) is 21.5 Å². The van der Waals surface area contributed by atoms with Crippen molar-refractivity contribution in [2.45, 2.75) is 18.4 Å².